The Morgan fingerprint density at radius 1 is 0.544 bits per heavy atom. The first-order valence-electron chi connectivity index (χ1n) is 19.1. The molecule has 4 aromatic heterocycles. The summed E-state index contributed by atoms with van der Waals surface area (Å²) in [6.45, 7) is 1.69. The molecular formula is C47H38F2N6O2. The first-order chi connectivity index (χ1) is 27.8. The number of nitrogens with one attached hydrogen (secondary N) is 1. The number of hydrogen-bond donors (Lipinski definition) is 1. The van der Waals surface area contributed by atoms with Gasteiger partial charge in [0.15, 0.2) is 0 Å². The fourth-order valence-corrected chi connectivity index (χ4v) is 7.14. The number of nitrogens with zero attached hydrogens (tertiary/aromatic N) is 5. The number of hydrogen-bond acceptors (Lipinski definition) is 4. The Balaban J connectivity index is 0.000000148. The van der Waals surface area contributed by atoms with E-state index in [2.05, 4.69) is 21.6 Å². The van der Waals surface area contributed by atoms with Gasteiger partial charge in [-0.2, -0.15) is 10.2 Å². The monoisotopic (exact) mass is 756 g/mol. The van der Waals surface area contributed by atoms with Gasteiger partial charge in [0.2, 0.25) is 0 Å². The standard InChI is InChI=1S/C24H20FN3O.C23H18FN3O/c25-21-8-6-17(7-9-21)23-16-22-15-19(10-13-28(22)26-23)18-4-3-5-20(14-18)24(29)27-11-1-2-12-27;24-19-6-4-15(5-7-19)22-14-21-13-17(10-11-27(21)26-22)16-2-1-3-18(12-16)23(28)25-20-8-9-20/h3-10,13-16H,1-2,11-12H2;1-7,10-14,20H,8-9H2,(H,25,28). The molecule has 0 atom stereocenters. The molecule has 0 bridgehead atoms. The van der Waals surface area contributed by atoms with Crippen LogP contribution in [-0.4, -0.2) is 55.1 Å². The third-order valence-corrected chi connectivity index (χ3v) is 10.4. The summed E-state index contributed by atoms with van der Waals surface area (Å²) in [5, 5.41) is 12.2. The van der Waals surface area contributed by atoms with Crippen LogP contribution >= 0.6 is 0 Å². The lowest BCUT2D eigenvalue weighted by Crippen LogP contribution is -2.27. The maximum atomic E-state index is 13.2. The Bertz CT molecular complexity index is 2750. The van der Waals surface area contributed by atoms with E-state index in [-0.39, 0.29) is 23.4 Å². The highest BCUT2D eigenvalue weighted by molar-refractivity contribution is 5.96. The Hall–Kier alpha value is -6.94. The largest absolute Gasteiger partial charge is 0.349 e. The van der Waals surface area contributed by atoms with E-state index in [0.717, 1.165) is 100 Å². The molecule has 5 heterocycles. The minimum absolute atomic E-state index is 0.0200. The summed E-state index contributed by atoms with van der Waals surface area (Å²) < 4.78 is 29.9. The third-order valence-electron chi connectivity index (χ3n) is 10.4. The number of amides is 2. The minimum atomic E-state index is -0.264. The zero-order chi connectivity index (χ0) is 38.9. The second-order valence-electron chi connectivity index (χ2n) is 14.6. The van der Waals surface area contributed by atoms with Crippen molar-refractivity contribution in [3.63, 3.8) is 0 Å². The lowest BCUT2D eigenvalue weighted by Gasteiger charge is -2.15. The zero-order valence-corrected chi connectivity index (χ0v) is 31.0. The molecule has 4 aromatic carbocycles. The number of carbonyl (C=O) groups is 2. The van der Waals surface area contributed by atoms with Crippen LogP contribution in [0.25, 0.3) is 55.8 Å². The van der Waals surface area contributed by atoms with E-state index in [9.17, 15) is 18.4 Å². The number of pyridine rings is 2. The van der Waals surface area contributed by atoms with Crippen molar-refractivity contribution < 1.29 is 18.4 Å². The van der Waals surface area contributed by atoms with Gasteiger partial charge in [0.05, 0.1) is 22.4 Å². The number of halogens is 2. The molecule has 2 amide bonds. The van der Waals surface area contributed by atoms with Crippen molar-refractivity contribution in [1.82, 2.24) is 29.4 Å². The fraction of sp³-hybridized carbons (Fsp3) is 0.149. The zero-order valence-electron chi connectivity index (χ0n) is 31.0. The normalized spacial score (nSPS) is 13.8. The number of carbonyl (C=O) groups excluding carboxylic acids is 2. The van der Waals surface area contributed by atoms with Crippen LogP contribution in [-0.2, 0) is 0 Å². The molecule has 282 valence electrons. The highest BCUT2D eigenvalue weighted by atomic mass is 19.1. The Morgan fingerprint density at radius 2 is 1.02 bits per heavy atom. The fourth-order valence-electron chi connectivity index (χ4n) is 7.14. The molecule has 1 saturated carbocycles. The van der Waals surface area contributed by atoms with Gasteiger partial charge >= 0.3 is 0 Å². The molecule has 0 radical (unpaired) electrons. The summed E-state index contributed by atoms with van der Waals surface area (Å²) in [7, 11) is 0. The van der Waals surface area contributed by atoms with Crippen LogP contribution in [0.15, 0.2) is 146 Å². The van der Waals surface area contributed by atoms with Gasteiger partial charge in [0, 0.05) is 53.8 Å². The van der Waals surface area contributed by atoms with Crippen molar-refractivity contribution in [1.29, 1.82) is 0 Å². The van der Waals surface area contributed by atoms with Gasteiger partial charge in [-0.15, -0.1) is 0 Å². The third kappa shape index (κ3) is 7.93. The van der Waals surface area contributed by atoms with Gasteiger partial charge in [-0.1, -0.05) is 24.3 Å². The molecule has 8 aromatic rings. The molecular weight excluding hydrogens is 719 g/mol. The predicted molar refractivity (Wildman–Crippen MR) is 218 cm³/mol. The average molecular weight is 757 g/mol. The molecule has 1 aliphatic heterocycles. The SMILES string of the molecule is O=C(NC1CC1)c1cccc(-c2ccn3nc(-c4ccc(F)cc4)cc3c2)c1.O=C(c1cccc(-c2ccn3nc(-c4ccc(F)cc4)cc3c2)c1)N1CCCC1. The molecule has 0 spiro atoms. The van der Waals surface area contributed by atoms with Gasteiger partial charge in [-0.3, -0.25) is 9.59 Å². The van der Waals surface area contributed by atoms with Crippen molar-refractivity contribution in [2.45, 2.75) is 31.7 Å². The van der Waals surface area contributed by atoms with Crippen LogP contribution in [0, 0.1) is 11.6 Å². The number of aromatic nitrogens is 4. The van der Waals surface area contributed by atoms with E-state index in [0.29, 0.717) is 11.6 Å². The Morgan fingerprint density at radius 3 is 1.53 bits per heavy atom. The number of rotatable bonds is 7. The average Bonchev–Trinajstić information content (AvgIpc) is 3.59. The Labute approximate surface area is 328 Å². The topological polar surface area (TPSA) is 84.0 Å². The second kappa shape index (κ2) is 15.3. The maximum absolute atomic E-state index is 13.2. The highest BCUT2D eigenvalue weighted by Crippen LogP contribution is 2.28. The number of benzene rings is 4. The molecule has 1 N–H and O–H groups in total. The number of fused-ring (bicyclic) bond motifs is 2. The van der Waals surface area contributed by atoms with E-state index in [4.69, 9.17) is 0 Å². The van der Waals surface area contributed by atoms with E-state index >= 15 is 0 Å². The summed E-state index contributed by atoms with van der Waals surface area (Å²) in [4.78, 5) is 27.0. The molecule has 1 aliphatic carbocycles. The van der Waals surface area contributed by atoms with E-state index in [1.807, 2.05) is 96.2 Å². The van der Waals surface area contributed by atoms with Crippen LogP contribution in [0.5, 0.6) is 0 Å². The van der Waals surface area contributed by atoms with Crippen molar-refractivity contribution in [3.05, 3.63) is 169 Å². The molecule has 2 fully saturated rings. The predicted octanol–water partition coefficient (Wildman–Crippen LogP) is 9.74. The number of likely N-dealkylation sites (tertiary alicyclic amines) is 1. The molecule has 0 unspecified atom stereocenters. The molecule has 57 heavy (non-hydrogen) atoms. The van der Waals surface area contributed by atoms with Crippen LogP contribution in [0.2, 0.25) is 0 Å². The first kappa shape index (κ1) is 35.7. The Kier molecular flexibility index (Phi) is 9.59. The van der Waals surface area contributed by atoms with Crippen LogP contribution in [0.4, 0.5) is 8.78 Å². The van der Waals surface area contributed by atoms with Gasteiger partial charge in [-0.05, 0) is 157 Å². The van der Waals surface area contributed by atoms with Crippen molar-refractivity contribution in [2.24, 2.45) is 0 Å². The van der Waals surface area contributed by atoms with Gasteiger partial charge < -0.3 is 10.2 Å². The first-order valence-corrected chi connectivity index (χ1v) is 19.1. The summed E-state index contributed by atoms with van der Waals surface area (Å²) in [6.07, 6.45) is 8.11. The molecule has 2 aliphatic rings. The van der Waals surface area contributed by atoms with Gasteiger partial charge in [-0.25, -0.2) is 17.8 Å². The van der Waals surface area contributed by atoms with E-state index < -0.39 is 0 Å². The minimum Gasteiger partial charge on any atom is -0.349 e. The highest BCUT2D eigenvalue weighted by Gasteiger charge is 2.24. The quantitative estimate of drug-likeness (QED) is 0.176. The maximum Gasteiger partial charge on any atom is 0.253 e. The van der Waals surface area contributed by atoms with Crippen molar-refractivity contribution in [2.75, 3.05) is 13.1 Å². The van der Waals surface area contributed by atoms with Crippen LogP contribution < -0.4 is 5.32 Å². The van der Waals surface area contributed by atoms with Crippen molar-refractivity contribution >= 4 is 22.8 Å². The lowest BCUT2D eigenvalue weighted by atomic mass is 10.0. The summed E-state index contributed by atoms with van der Waals surface area (Å²) in [5.41, 5.74) is 10.6. The summed E-state index contributed by atoms with van der Waals surface area (Å²) in [6, 6.07) is 40.5. The molecule has 1 saturated heterocycles. The van der Waals surface area contributed by atoms with Gasteiger partial charge in [0.25, 0.3) is 11.8 Å². The van der Waals surface area contributed by atoms with E-state index in [1.54, 1.807) is 33.3 Å². The summed E-state index contributed by atoms with van der Waals surface area (Å²) >= 11 is 0. The second-order valence-corrected chi connectivity index (χ2v) is 14.6. The van der Waals surface area contributed by atoms with E-state index in [1.165, 1.54) is 24.3 Å². The van der Waals surface area contributed by atoms with Crippen molar-refractivity contribution in [3.8, 4) is 44.8 Å². The lowest BCUT2D eigenvalue weighted by molar-refractivity contribution is 0.0792. The smallest absolute Gasteiger partial charge is 0.253 e. The molecule has 10 heteroatoms. The molecule has 8 nitrogen and oxygen atoms in total. The van der Waals surface area contributed by atoms with Crippen LogP contribution in [0.3, 0.4) is 0 Å². The molecule has 10 rings (SSSR count). The summed E-state index contributed by atoms with van der Waals surface area (Å²) in [5.74, 6) is -0.440. The van der Waals surface area contributed by atoms with Gasteiger partial charge in [0.1, 0.15) is 11.6 Å². The van der Waals surface area contributed by atoms with Crippen LogP contribution in [0.1, 0.15) is 46.4 Å².